The molecule has 0 saturated carbocycles. The van der Waals surface area contributed by atoms with Crippen molar-refractivity contribution in [3.05, 3.63) is 45.6 Å². The molecule has 168 valence electrons. The molecule has 0 spiro atoms. The van der Waals surface area contributed by atoms with Crippen molar-refractivity contribution in [2.45, 2.75) is 33.3 Å². The molecular weight excluding hydrogens is 400 g/mol. The van der Waals surface area contributed by atoms with Gasteiger partial charge in [0.15, 0.2) is 0 Å². The first-order valence-corrected chi connectivity index (χ1v) is 10.8. The zero-order chi connectivity index (χ0) is 22.5. The lowest BCUT2D eigenvalue weighted by atomic mass is 10.0. The van der Waals surface area contributed by atoms with Crippen molar-refractivity contribution in [2.75, 3.05) is 45.9 Å². The molecule has 0 unspecified atom stereocenters. The van der Waals surface area contributed by atoms with Crippen LogP contribution < -0.4 is 0 Å². The van der Waals surface area contributed by atoms with Crippen LogP contribution >= 0.6 is 0 Å². The number of nitro groups is 1. The van der Waals surface area contributed by atoms with Crippen molar-refractivity contribution < 1.29 is 19.2 Å². The first-order valence-electron chi connectivity index (χ1n) is 10.8. The van der Waals surface area contributed by atoms with E-state index in [1.54, 1.807) is 12.1 Å². The maximum atomic E-state index is 13.3. The van der Waals surface area contributed by atoms with Crippen LogP contribution in [0.15, 0.2) is 30.0 Å². The second-order valence-electron chi connectivity index (χ2n) is 7.98. The number of rotatable bonds is 9. The van der Waals surface area contributed by atoms with Crippen molar-refractivity contribution >= 4 is 23.1 Å². The third kappa shape index (κ3) is 5.11. The van der Waals surface area contributed by atoms with Gasteiger partial charge in [0.1, 0.15) is 5.70 Å². The number of piperazine rings is 1. The number of non-ortho nitro benzene ring substituents is 1. The molecule has 0 aromatic heterocycles. The van der Waals surface area contributed by atoms with Crippen molar-refractivity contribution in [2.24, 2.45) is 0 Å². The number of nitrogens with zero attached hydrogens (tertiary/aromatic N) is 4. The lowest BCUT2D eigenvalue weighted by molar-refractivity contribution is -0.384. The molecule has 1 saturated heterocycles. The minimum Gasteiger partial charge on any atom is -0.379 e. The van der Waals surface area contributed by atoms with E-state index < -0.39 is 4.92 Å². The number of likely N-dealkylation sites (N-methyl/N-ethyl adjacent to an activating group) is 1. The average Bonchev–Trinajstić information content (AvgIpc) is 3.01. The fraction of sp³-hybridized carbons (Fsp3) is 0.545. The summed E-state index contributed by atoms with van der Waals surface area (Å²) >= 11 is 0. The number of amides is 2. The van der Waals surface area contributed by atoms with Gasteiger partial charge in [-0.1, -0.05) is 6.92 Å². The standard InChI is InChI=1S/C22H30N4O5/c1-4-23-11-13-24(14-12-23)20-19(17-6-8-18(9-7-17)26(29)30)21(27)25(22(20)28)10-5-15-31-16(2)3/h6-9,16H,4-5,10-15H2,1-3H3. The number of hydrogen-bond donors (Lipinski definition) is 0. The molecule has 0 aliphatic carbocycles. The molecule has 0 atom stereocenters. The zero-order valence-corrected chi connectivity index (χ0v) is 18.4. The van der Waals surface area contributed by atoms with Crippen molar-refractivity contribution in [3.8, 4) is 0 Å². The van der Waals surface area contributed by atoms with Gasteiger partial charge in [-0.05, 0) is 44.5 Å². The van der Waals surface area contributed by atoms with Crippen LogP contribution in [0.5, 0.6) is 0 Å². The van der Waals surface area contributed by atoms with Gasteiger partial charge in [-0.15, -0.1) is 0 Å². The Balaban J connectivity index is 1.88. The molecule has 9 heteroatoms. The molecule has 1 fully saturated rings. The average molecular weight is 431 g/mol. The van der Waals surface area contributed by atoms with E-state index in [0.717, 1.165) is 19.6 Å². The highest BCUT2D eigenvalue weighted by molar-refractivity contribution is 6.35. The van der Waals surface area contributed by atoms with E-state index in [4.69, 9.17) is 4.74 Å². The fourth-order valence-electron chi connectivity index (χ4n) is 3.90. The Kier molecular flexibility index (Phi) is 7.40. The predicted octanol–water partition coefficient (Wildman–Crippen LogP) is 2.13. The Morgan fingerprint density at radius 1 is 1.06 bits per heavy atom. The third-order valence-corrected chi connectivity index (χ3v) is 5.62. The minimum atomic E-state index is -0.480. The second-order valence-corrected chi connectivity index (χ2v) is 7.98. The Bertz CT molecular complexity index is 857. The molecule has 2 aliphatic rings. The zero-order valence-electron chi connectivity index (χ0n) is 18.4. The largest absolute Gasteiger partial charge is 0.379 e. The molecule has 0 radical (unpaired) electrons. The molecule has 2 aliphatic heterocycles. The number of ether oxygens (including phenoxy) is 1. The first-order chi connectivity index (χ1) is 14.8. The van der Waals surface area contributed by atoms with Gasteiger partial charge < -0.3 is 14.5 Å². The fourth-order valence-corrected chi connectivity index (χ4v) is 3.90. The number of nitro benzene ring substituents is 1. The Morgan fingerprint density at radius 3 is 2.26 bits per heavy atom. The lowest BCUT2D eigenvalue weighted by Crippen LogP contribution is -2.47. The van der Waals surface area contributed by atoms with Crippen LogP contribution in [-0.2, 0) is 14.3 Å². The Hall–Kier alpha value is -2.78. The third-order valence-electron chi connectivity index (χ3n) is 5.62. The topological polar surface area (TPSA) is 96.2 Å². The van der Waals surface area contributed by atoms with Gasteiger partial charge in [-0.2, -0.15) is 0 Å². The lowest BCUT2D eigenvalue weighted by Gasteiger charge is -2.36. The highest BCUT2D eigenvalue weighted by Gasteiger charge is 2.41. The predicted molar refractivity (Wildman–Crippen MR) is 116 cm³/mol. The highest BCUT2D eigenvalue weighted by atomic mass is 16.6. The van der Waals surface area contributed by atoms with E-state index >= 15 is 0 Å². The summed E-state index contributed by atoms with van der Waals surface area (Å²) in [7, 11) is 0. The summed E-state index contributed by atoms with van der Waals surface area (Å²) in [5.41, 5.74) is 1.20. The molecule has 1 aromatic rings. The molecule has 2 heterocycles. The summed E-state index contributed by atoms with van der Waals surface area (Å²) in [4.78, 5) is 42.7. The van der Waals surface area contributed by atoms with Crippen molar-refractivity contribution in [1.29, 1.82) is 0 Å². The second kappa shape index (κ2) is 10.0. The first kappa shape index (κ1) is 22.9. The smallest absolute Gasteiger partial charge is 0.277 e. The molecule has 3 rings (SSSR count). The van der Waals surface area contributed by atoms with Gasteiger partial charge in [0.05, 0.1) is 16.6 Å². The van der Waals surface area contributed by atoms with Crippen LogP contribution in [0.25, 0.3) is 5.57 Å². The Labute approximate surface area is 182 Å². The number of hydrogen-bond acceptors (Lipinski definition) is 7. The number of carbonyl (C=O) groups is 2. The van der Waals surface area contributed by atoms with Crippen LogP contribution in [0.3, 0.4) is 0 Å². The van der Waals surface area contributed by atoms with E-state index in [1.807, 2.05) is 18.7 Å². The highest BCUT2D eigenvalue weighted by Crippen LogP contribution is 2.33. The van der Waals surface area contributed by atoms with Gasteiger partial charge >= 0.3 is 0 Å². The number of benzene rings is 1. The van der Waals surface area contributed by atoms with E-state index in [0.29, 0.717) is 43.0 Å². The molecule has 9 nitrogen and oxygen atoms in total. The maximum absolute atomic E-state index is 13.3. The Morgan fingerprint density at radius 2 is 1.71 bits per heavy atom. The summed E-state index contributed by atoms with van der Waals surface area (Å²) < 4.78 is 5.54. The SMILES string of the molecule is CCN1CCN(C2=C(c3ccc([N+](=O)[O-])cc3)C(=O)N(CCCOC(C)C)C2=O)CC1. The van der Waals surface area contributed by atoms with Gasteiger partial charge in [0, 0.05) is 51.5 Å². The summed E-state index contributed by atoms with van der Waals surface area (Å²) in [6.45, 7) is 10.6. The summed E-state index contributed by atoms with van der Waals surface area (Å²) in [6, 6.07) is 5.83. The number of imide groups is 1. The maximum Gasteiger partial charge on any atom is 0.277 e. The quantitative estimate of drug-likeness (QED) is 0.256. The summed E-state index contributed by atoms with van der Waals surface area (Å²) in [6.07, 6.45) is 0.643. The van der Waals surface area contributed by atoms with Crippen molar-refractivity contribution in [1.82, 2.24) is 14.7 Å². The molecule has 31 heavy (non-hydrogen) atoms. The van der Waals surface area contributed by atoms with Crippen molar-refractivity contribution in [3.63, 3.8) is 0 Å². The van der Waals surface area contributed by atoms with Gasteiger partial charge in [0.25, 0.3) is 17.5 Å². The van der Waals surface area contributed by atoms with Gasteiger partial charge in [-0.3, -0.25) is 24.6 Å². The van der Waals surface area contributed by atoms with Crippen LogP contribution in [-0.4, -0.2) is 83.4 Å². The number of carbonyl (C=O) groups excluding carboxylic acids is 2. The molecule has 1 aromatic carbocycles. The van der Waals surface area contributed by atoms with E-state index in [-0.39, 0.29) is 30.2 Å². The monoisotopic (exact) mass is 430 g/mol. The van der Waals surface area contributed by atoms with E-state index in [9.17, 15) is 19.7 Å². The molecule has 2 amide bonds. The van der Waals surface area contributed by atoms with Crippen LogP contribution in [0.2, 0.25) is 0 Å². The van der Waals surface area contributed by atoms with Gasteiger partial charge in [-0.25, -0.2) is 0 Å². The molecular formula is C22H30N4O5. The van der Waals surface area contributed by atoms with Crippen LogP contribution in [0.4, 0.5) is 5.69 Å². The normalized spacial score (nSPS) is 17.9. The van der Waals surface area contributed by atoms with E-state index in [1.165, 1.54) is 17.0 Å². The van der Waals surface area contributed by atoms with E-state index in [2.05, 4.69) is 11.8 Å². The molecule has 0 N–H and O–H groups in total. The molecule has 0 bridgehead atoms. The summed E-state index contributed by atoms with van der Waals surface area (Å²) in [5, 5.41) is 11.0. The van der Waals surface area contributed by atoms with Gasteiger partial charge in [0.2, 0.25) is 0 Å². The summed E-state index contributed by atoms with van der Waals surface area (Å²) in [5.74, 6) is -0.649. The van der Waals surface area contributed by atoms with Crippen LogP contribution in [0, 0.1) is 10.1 Å². The van der Waals surface area contributed by atoms with Crippen LogP contribution in [0.1, 0.15) is 32.8 Å². The minimum absolute atomic E-state index is 0.0538.